The lowest BCUT2D eigenvalue weighted by molar-refractivity contribution is -0.143. The Morgan fingerprint density at radius 3 is 1.04 bits per heavy atom. The van der Waals surface area contributed by atoms with Crippen LogP contribution in [0, 0.1) is 0 Å². The van der Waals surface area contributed by atoms with Crippen molar-refractivity contribution in [1.82, 2.24) is 5.32 Å². The molecule has 0 bridgehead atoms. The molecule has 0 fully saturated rings. The molecule has 404 valence electrons. The predicted molar refractivity (Wildman–Crippen MR) is 297 cm³/mol. The molecule has 0 saturated carbocycles. The first kappa shape index (κ1) is 66.6. The summed E-state index contributed by atoms with van der Waals surface area (Å²) < 4.78 is 5.50. The van der Waals surface area contributed by atoms with E-state index in [1.807, 2.05) is 0 Å². The lowest BCUT2D eigenvalue weighted by Gasteiger charge is -2.22. The van der Waals surface area contributed by atoms with Crippen LogP contribution in [0.3, 0.4) is 0 Å². The third kappa shape index (κ3) is 53.9. The number of rotatable bonds is 58. The molecule has 68 heavy (non-hydrogen) atoms. The maximum atomic E-state index is 12.4. The number of allylic oxidation sites excluding steroid dienone is 2. The molecule has 3 N–H and O–H groups in total. The predicted octanol–water partition coefficient (Wildman–Crippen LogP) is 19.2. The zero-order valence-electron chi connectivity index (χ0n) is 46.1. The normalized spacial score (nSPS) is 12.6. The van der Waals surface area contributed by atoms with Crippen LogP contribution in [-0.2, 0) is 14.3 Å². The molecule has 0 heterocycles. The highest BCUT2D eigenvalue weighted by atomic mass is 16.5. The average Bonchev–Trinajstić information content (AvgIpc) is 3.34. The molecule has 2 atom stereocenters. The Hall–Kier alpha value is -1.40. The number of carbonyl (C=O) groups excluding carboxylic acids is 2. The van der Waals surface area contributed by atoms with E-state index >= 15 is 0 Å². The van der Waals surface area contributed by atoms with Crippen LogP contribution in [0.1, 0.15) is 348 Å². The van der Waals surface area contributed by atoms with Crippen molar-refractivity contribution in [2.75, 3.05) is 13.2 Å². The zero-order valence-corrected chi connectivity index (χ0v) is 46.1. The summed E-state index contributed by atoms with van der Waals surface area (Å²) >= 11 is 0. The molecule has 2 unspecified atom stereocenters. The van der Waals surface area contributed by atoms with Crippen LogP contribution >= 0.6 is 0 Å². The summed E-state index contributed by atoms with van der Waals surface area (Å²) in [6.45, 7) is 4.95. The van der Waals surface area contributed by atoms with Gasteiger partial charge in [0.2, 0.25) is 5.91 Å². The molecule has 0 aliphatic heterocycles. The summed E-state index contributed by atoms with van der Waals surface area (Å²) in [5.41, 5.74) is 0. The van der Waals surface area contributed by atoms with Crippen molar-refractivity contribution in [3.63, 3.8) is 0 Å². The topological polar surface area (TPSA) is 95.9 Å². The van der Waals surface area contributed by atoms with Gasteiger partial charge in [-0.1, -0.05) is 296 Å². The van der Waals surface area contributed by atoms with E-state index in [1.165, 1.54) is 276 Å². The van der Waals surface area contributed by atoms with Crippen molar-refractivity contribution >= 4 is 11.9 Å². The maximum absolute atomic E-state index is 12.4. The minimum Gasteiger partial charge on any atom is -0.466 e. The van der Waals surface area contributed by atoms with Crippen molar-refractivity contribution in [1.29, 1.82) is 0 Å². The van der Waals surface area contributed by atoms with Crippen LogP contribution in [0.2, 0.25) is 0 Å². The molecule has 0 aromatic rings. The smallest absolute Gasteiger partial charge is 0.305 e. The number of nitrogens with one attached hydrogen (secondary N) is 1. The molecule has 0 aromatic heterocycles. The minimum atomic E-state index is -0.661. The first-order valence-electron chi connectivity index (χ1n) is 30.9. The number of carbonyl (C=O) groups is 2. The molecule has 1 amide bonds. The minimum absolute atomic E-state index is 0.0145. The number of esters is 1. The van der Waals surface area contributed by atoms with E-state index in [9.17, 15) is 19.8 Å². The van der Waals surface area contributed by atoms with E-state index in [1.54, 1.807) is 0 Å². The molecule has 0 aliphatic rings. The highest BCUT2D eigenvalue weighted by molar-refractivity contribution is 5.76. The van der Waals surface area contributed by atoms with Gasteiger partial charge >= 0.3 is 5.97 Å². The molecule has 6 nitrogen and oxygen atoms in total. The fraction of sp³-hybridized carbons (Fsp3) is 0.935. The second-order valence-corrected chi connectivity index (χ2v) is 21.4. The Morgan fingerprint density at radius 2 is 0.691 bits per heavy atom. The van der Waals surface area contributed by atoms with Crippen molar-refractivity contribution < 1.29 is 24.5 Å². The number of unbranched alkanes of at least 4 members (excludes halogenated alkanes) is 45. The first-order chi connectivity index (χ1) is 33.5. The van der Waals surface area contributed by atoms with E-state index in [0.29, 0.717) is 25.9 Å². The molecule has 0 spiro atoms. The van der Waals surface area contributed by atoms with Gasteiger partial charge in [-0.2, -0.15) is 0 Å². The van der Waals surface area contributed by atoms with Crippen LogP contribution in [0.25, 0.3) is 0 Å². The summed E-state index contributed by atoms with van der Waals surface area (Å²) in [6.07, 6.45) is 69.5. The highest BCUT2D eigenvalue weighted by Crippen LogP contribution is 2.18. The van der Waals surface area contributed by atoms with Gasteiger partial charge in [-0.05, 0) is 51.4 Å². The largest absolute Gasteiger partial charge is 0.466 e. The lowest BCUT2D eigenvalue weighted by Crippen LogP contribution is -2.45. The molecule has 0 saturated heterocycles. The Kier molecular flexibility index (Phi) is 57.0. The molecular formula is C62H121NO5. The second kappa shape index (κ2) is 58.2. The molecule has 0 rings (SSSR count). The van der Waals surface area contributed by atoms with Gasteiger partial charge in [0.05, 0.1) is 25.4 Å². The highest BCUT2D eigenvalue weighted by Gasteiger charge is 2.20. The molecule has 0 radical (unpaired) electrons. The lowest BCUT2D eigenvalue weighted by atomic mass is 10.0. The monoisotopic (exact) mass is 960 g/mol. The van der Waals surface area contributed by atoms with Gasteiger partial charge in [0.15, 0.2) is 0 Å². The Balaban J connectivity index is 3.32. The van der Waals surface area contributed by atoms with Crippen LogP contribution in [-0.4, -0.2) is 47.4 Å². The Bertz CT molecular complexity index is 1020. The van der Waals surface area contributed by atoms with E-state index in [-0.39, 0.29) is 18.5 Å². The second-order valence-electron chi connectivity index (χ2n) is 21.4. The summed E-state index contributed by atoms with van der Waals surface area (Å²) in [4.78, 5) is 24.5. The van der Waals surface area contributed by atoms with Crippen LogP contribution in [0.5, 0.6) is 0 Å². The number of amides is 1. The van der Waals surface area contributed by atoms with Crippen molar-refractivity contribution in [3.8, 4) is 0 Å². The summed E-state index contributed by atoms with van der Waals surface area (Å²) in [5.74, 6) is -0.0210. The number of hydrogen-bond donors (Lipinski definition) is 3. The number of aliphatic hydroxyl groups excluding tert-OH is 2. The fourth-order valence-electron chi connectivity index (χ4n) is 9.81. The first-order valence-corrected chi connectivity index (χ1v) is 30.9. The molecule has 6 heteroatoms. The fourth-order valence-corrected chi connectivity index (χ4v) is 9.81. The van der Waals surface area contributed by atoms with Crippen LogP contribution < -0.4 is 5.32 Å². The van der Waals surface area contributed by atoms with E-state index < -0.39 is 12.1 Å². The van der Waals surface area contributed by atoms with Crippen molar-refractivity contribution in [2.45, 2.75) is 360 Å². The summed E-state index contributed by atoms with van der Waals surface area (Å²) in [6, 6.07) is -0.538. The van der Waals surface area contributed by atoms with Gasteiger partial charge in [0.25, 0.3) is 0 Å². The number of aliphatic hydroxyl groups is 2. The van der Waals surface area contributed by atoms with E-state index in [2.05, 4.69) is 31.3 Å². The third-order valence-electron chi connectivity index (χ3n) is 14.6. The zero-order chi connectivity index (χ0) is 49.3. The molecule has 0 aromatic carbocycles. The Labute approximate surface area is 425 Å². The van der Waals surface area contributed by atoms with Gasteiger partial charge < -0.3 is 20.3 Å². The summed E-state index contributed by atoms with van der Waals surface area (Å²) in [5, 5.41) is 23.1. The van der Waals surface area contributed by atoms with Gasteiger partial charge in [0, 0.05) is 12.8 Å². The standard InChI is InChI=1S/C62H121NO5/c1-3-5-7-9-11-13-14-15-16-17-23-27-30-33-36-40-44-48-52-56-62(67)68-57-53-49-45-41-37-34-31-28-25-22-20-18-19-21-24-26-29-32-35-39-43-47-51-55-61(66)63-59(58-64)60(65)54-50-46-42-38-12-10-8-6-4-2/h15-16,59-60,64-65H,3-14,17-58H2,1-2H3,(H,63,66)/b16-15-. The maximum Gasteiger partial charge on any atom is 0.305 e. The van der Waals surface area contributed by atoms with Crippen molar-refractivity contribution in [2.24, 2.45) is 0 Å². The summed E-state index contributed by atoms with van der Waals surface area (Å²) in [7, 11) is 0. The van der Waals surface area contributed by atoms with Gasteiger partial charge in [-0.3, -0.25) is 9.59 Å². The quantitative estimate of drug-likeness (QED) is 0.0321. The number of hydrogen-bond acceptors (Lipinski definition) is 5. The third-order valence-corrected chi connectivity index (χ3v) is 14.6. The Morgan fingerprint density at radius 1 is 0.397 bits per heavy atom. The van der Waals surface area contributed by atoms with Gasteiger partial charge in [0.1, 0.15) is 0 Å². The SMILES string of the molecule is CCCCCCCC/C=C\CCCCCCCCCCCC(=O)OCCCCCCCCCCCCCCCCCCCCCCCCCC(=O)NC(CO)C(O)CCCCCCCCCCC. The van der Waals surface area contributed by atoms with Gasteiger partial charge in [-0.25, -0.2) is 0 Å². The molecular weight excluding hydrogens is 839 g/mol. The van der Waals surface area contributed by atoms with Gasteiger partial charge in [-0.15, -0.1) is 0 Å². The van der Waals surface area contributed by atoms with Crippen molar-refractivity contribution in [3.05, 3.63) is 12.2 Å². The average molecular weight is 961 g/mol. The van der Waals surface area contributed by atoms with Crippen LogP contribution in [0.15, 0.2) is 12.2 Å². The number of ether oxygens (including phenoxy) is 1. The molecule has 0 aliphatic carbocycles. The van der Waals surface area contributed by atoms with E-state index in [0.717, 1.165) is 38.5 Å². The van der Waals surface area contributed by atoms with Crippen LogP contribution in [0.4, 0.5) is 0 Å². The van der Waals surface area contributed by atoms with E-state index in [4.69, 9.17) is 4.74 Å².